The van der Waals surface area contributed by atoms with Crippen molar-refractivity contribution in [2.75, 3.05) is 20.6 Å². The maximum atomic E-state index is 10.9. The van der Waals surface area contributed by atoms with E-state index in [4.69, 9.17) is 0 Å². The third-order valence-corrected chi connectivity index (χ3v) is 3.05. The van der Waals surface area contributed by atoms with Crippen LogP contribution in [0.25, 0.3) is 0 Å². The lowest BCUT2D eigenvalue weighted by Crippen LogP contribution is -2.39. The molecule has 0 saturated carbocycles. The second-order valence-corrected chi connectivity index (χ2v) is 4.56. The number of nitrogens with one attached hydrogen (secondary N) is 1. The first-order chi connectivity index (χ1) is 9.60. The molecule has 1 rings (SSSR count). The lowest BCUT2D eigenvalue weighted by molar-refractivity contribution is -0.385. The zero-order chi connectivity index (χ0) is 15.0. The third kappa shape index (κ3) is 6.28. The molecule has 0 saturated heterocycles. The van der Waals surface area contributed by atoms with E-state index in [9.17, 15) is 10.1 Å². The fourth-order valence-electron chi connectivity index (χ4n) is 1.90. The predicted octanol–water partition coefficient (Wildman–Crippen LogP) is 3.02. The van der Waals surface area contributed by atoms with E-state index in [2.05, 4.69) is 17.2 Å². The molecule has 118 valence electrons. The molecular formula is C14H23IN4O2. The van der Waals surface area contributed by atoms with E-state index in [-0.39, 0.29) is 34.6 Å². The molecule has 0 aliphatic heterocycles. The van der Waals surface area contributed by atoms with Crippen LogP contribution in [0.15, 0.2) is 29.3 Å². The van der Waals surface area contributed by atoms with Crippen LogP contribution in [0.5, 0.6) is 0 Å². The first-order valence-corrected chi connectivity index (χ1v) is 6.74. The SMILES string of the molecule is CCCCN(C)C(=NC)NCc1ccccc1[N+](=O)[O-].I. The third-order valence-electron chi connectivity index (χ3n) is 3.05. The number of hydrogen-bond acceptors (Lipinski definition) is 3. The molecule has 0 bridgehead atoms. The maximum Gasteiger partial charge on any atom is 0.274 e. The minimum Gasteiger partial charge on any atom is -0.352 e. The van der Waals surface area contributed by atoms with Gasteiger partial charge in [0.1, 0.15) is 0 Å². The Labute approximate surface area is 142 Å². The number of unbranched alkanes of at least 4 members (excludes halogenated alkanes) is 1. The normalized spacial score (nSPS) is 10.7. The Balaban J connectivity index is 0.00000400. The van der Waals surface area contributed by atoms with Gasteiger partial charge in [0.2, 0.25) is 0 Å². The van der Waals surface area contributed by atoms with Crippen LogP contribution in [0.2, 0.25) is 0 Å². The summed E-state index contributed by atoms with van der Waals surface area (Å²) in [5.41, 5.74) is 0.786. The standard InChI is InChI=1S/C14H22N4O2.HI/c1-4-5-10-17(3)14(15-2)16-11-12-8-6-7-9-13(12)18(19)20;/h6-9H,4-5,10-11H2,1-3H3,(H,15,16);1H. The molecule has 0 aromatic heterocycles. The molecule has 0 spiro atoms. The van der Waals surface area contributed by atoms with Crippen molar-refractivity contribution in [3.05, 3.63) is 39.9 Å². The van der Waals surface area contributed by atoms with Gasteiger partial charge in [-0.2, -0.15) is 0 Å². The van der Waals surface area contributed by atoms with Crippen molar-refractivity contribution in [2.24, 2.45) is 4.99 Å². The van der Waals surface area contributed by atoms with E-state index in [1.165, 1.54) is 6.07 Å². The predicted molar refractivity (Wildman–Crippen MR) is 96.2 cm³/mol. The van der Waals surface area contributed by atoms with Gasteiger partial charge in [0, 0.05) is 38.8 Å². The minimum atomic E-state index is -0.361. The van der Waals surface area contributed by atoms with Crippen LogP contribution >= 0.6 is 24.0 Å². The lowest BCUT2D eigenvalue weighted by Gasteiger charge is -2.21. The summed E-state index contributed by atoms with van der Waals surface area (Å²) in [6.45, 7) is 3.44. The van der Waals surface area contributed by atoms with Gasteiger partial charge < -0.3 is 10.2 Å². The van der Waals surface area contributed by atoms with E-state index in [1.807, 2.05) is 11.9 Å². The number of benzene rings is 1. The molecule has 21 heavy (non-hydrogen) atoms. The summed E-state index contributed by atoms with van der Waals surface area (Å²) >= 11 is 0. The average molecular weight is 406 g/mol. The number of nitrogens with zero attached hydrogens (tertiary/aromatic N) is 3. The largest absolute Gasteiger partial charge is 0.352 e. The van der Waals surface area contributed by atoms with Gasteiger partial charge in [-0.15, -0.1) is 24.0 Å². The van der Waals surface area contributed by atoms with E-state index in [1.54, 1.807) is 25.2 Å². The molecule has 6 nitrogen and oxygen atoms in total. The number of aliphatic imine (C=N–C) groups is 1. The Hall–Kier alpha value is -1.38. The summed E-state index contributed by atoms with van der Waals surface area (Å²) in [6.07, 6.45) is 2.20. The lowest BCUT2D eigenvalue weighted by atomic mass is 10.2. The van der Waals surface area contributed by atoms with Gasteiger partial charge in [-0.1, -0.05) is 31.5 Å². The van der Waals surface area contributed by atoms with Gasteiger partial charge in [0.25, 0.3) is 5.69 Å². The first kappa shape index (κ1) is 19.6. The van der Waals surface area contributed by atoms with E-state index in [0.29, 0.717) is 12.1 Å². The van der Waals surface area contributed by atoms with Crippen LogP contribution in [-0.2, 0) is 6.54 Å². The fraction of sp³-hybridized carbons (Fsp3) is 0.500. The molecule has 0 fully saturated rings. The monoisotopic (exact) mass is 406 g/mol. The Morgan fingerprint density at radius 3 is 2.67 bits per heavy atom. The fourth-order valence-corrected chi connectivity index (χ4v) is 1.90. The maximum absolute atomic E-state index is 10.9. The van der Waals surface area contributed by atoms with Crippen molar-refractivity contribution in [1.29, 1.82) is 0 Å². The van der Waals surface area contributed by atoms with Crippen molar-refractivity contribution in [1.82, 2.24) is 10.2 Å². The number of halogens is 1. The van der Waals surface area contributed by atoms with Crippen LogP contribution in [-0.4, -0.2) is 36.4 Å². The quantitative estimate of drug-likeness (QED) is 0.259. The van der Waals surface area contributed by atoms with Crippen molar-refractivity contribution >= 4 is 35.6 Å². The molecule has 7 heteroatoms. The highest BCUT2D eigenvalue weighted by Crippen LogP contribution is 2.17. The summed E-state index contributed by atoms with van der Waals surface area (Å²) < 4.78 is 0. The van der Waals surface area contributed by atoms with Gasteiger partial charge in [0.05, 0.1) is 4.92 Å². The zero-order valence-electron chi connectivity index (χ0n) is 12.7. The Morgan fingerprint density at radius 2 is 2.10 bits per heavy atom. The van der Waals surface area contributed by atoms with Gasteiger partial charge in [0.15, 0.2) is 5.96 Å². The molecule has 1 aromatic carbocycles. The molecule has 0 radical (unpaired) electrons. The minimum absolute atomic E-state index is 0. The topological polar surface area (TPSA) is 70.8 Å². The Kier molecular flexibility index (Phi) is 9.68. The molecule has 0 aliphatic rings. The number of nitro benzene ring substituents is 1. The summed E-state index contributed by atoms with van der Waals surface area (Å²) in [6, 6.07) is 6.74. The van der Waals surface area contributed by atoms with Gasteiger partial charge in [-0.25, -0.2) is 0 Å². The number of nitro groups is 1. The van der Waals surface area contributed by atoms with Crippen molar-refractivity contribution in [2.45, 2.75) is 26.3 Å². The van der Waals surface area contributed by atoms with E-state index < -0.39 is 0 Å². The van der Waals surface area contributed by atoms with E-state index >= 15 is 0 Å². The highest BCUT2D eigenvalue weighted by atomic mass is 127. The molecule has 0 amide bonds. The summed E-state index contributed by atoms with van der Waals surface area (Å²) in [4.78, 5) is 16.8. The van der Waals surface area contributed by atoms with Crippen LogP contribution < -0.4 is 5.32 Å². The van der Waals surface area contributed by atoms with Crippen LogP contribution in [0.3, 0.4) is 0 Å². The second-order valence-electron chi connectivity index (χ2n) is 4.56. The summed E-state index contributed by atoms with van der Waals surface area (Å²) in [5, 5.41) is 14.1. The molecule has 1 N–H and O–H groups in total. The number of guanidine groups is 1. The Bertz CT molecular complexity index is 480. The molecular weight excluding hydrogens is 383 g/mol. The summed E-state index contributed by atoms with van der Waals surface area (Å²) in [5.74, 6) is 0.747. The zero-order valence-corrected chi connectivity index (χ0v) is 15.0. The van der Waals surface area contributed by atoms with Crippen molar-refractivity contribution in [3.63, 3.8) is 0 Å². The van der Waals surface area contributed by atoms with Gasteiger partial charge in [-0.05, 0) is 6.42 Å². The van der Waals surface area contributed by atoms with E-state index in [0.717, 1.165) is 25.3 Å². The second kappa shape index (κ2) is 10.4. The van der Waals surface area contributed by atoms with Gasteiger partial charge >= 0.3 is 0 Å². The average Bonchev–Trinajstić information content (AvgIpc) is 2.45. The number of rotatable bonds is 6. The number of hydrogen-bond donors (Lipinski definition) is 1. The highest BCUT2D eigenvalue weighted by molar-refractivity contribution is 14.0. The molecule has 0 atom stereocenters. The molecule has 0 aliphatic carbocycles. The smallest absolute Gasteiger partial charge is 0.274 e. The highest BCUT2D eigenvalue weighted by Gasteiger charge is 2.13. The van der Waals surface area contributed by atoms with Crippen LogP contribution in [0.1, 0.15) is 25.3 Å². The molecule has 0 heterocycles. The first-order valence-electron chi connectivity index (χ1n) is 6.74. The number of para-hydroxylation sites is 1. The van der Waals surface area contributed by atoms with Crippen molar-refractivity contribution in [3.8, 4) is 0 Å². The Morgan fingerprint density at radius 1 is 1.43 bits per heavy atom. The molecule has 1 aromatic rings. The van der Waals surface area contributed by atoms with Crippen LogP contribution in [0.4, 0.5) is 5.69 Å². The van der Waals surface area contributed by atoms with Crippen LogP contribution in [0, 0.1) is 10.1 Å². The summed E-state index contributed by atoms with van der Waals surface area (Å²) in [7, 11) is 3.68. The van der Waals surface area contributed by atoms with Gasteiger partial charge in [-0.3, -0.25) is 15.1 Å². The van der Waals surface area contributed by atoms with Crippen molar-refractivity contribution < 1.29 is 4.92 Å². The molecule has 0 unspecified atom stereocenters.